The molecule has 164 valence electrons. The molecule has 1 N–H and O–H groups in total. The van der Waals surface area contributed by atoms with Gasteiger partial charge in [-0.2, -0.15) is 0 Å². The van der Waals surface area contributed by atoms with Crippen LogP contribution in [0.15, 0.2) is 72.1 Å². The molecule has 0 unspecified atom stereocenters. The number of aromatic nitrogens is 2. The molecule has 0 saturated carbocycles. The molecule has 0 atom stereocenters. The van der Waals surface area contributed by atoms with E-state index in [2.05, 4.69) is 10.3 Å². The number of amides is 1. The molecule has 0 saturated heterocycles. The third-order valence-electron chi connectivity index (χ3n) is 4.50. The number of nitrogens with zero attached hydrogens (tertiary/aromatic N) is 3. The summed E-state index contributed by atoms with van der Waals surface area (Å²) in [7, 11) is -2.62. The molecule has 3 rings (SSSR count). The highest BCUT2D eigenvalue weighted by atomic mass is 35.5. The molecule has 0 aliphatic heterocycles. The number of rotatable bonds is 10. The Labute approximate surface area is 186 Å². The maximum Gasteiger partial charge on any atom is 0.264 e. The molecule has 1 aromatic heterocycles. The molecule has 0 fully saturated rings. The Morgan fingerprint density at radius 1 is 1.23 bits per heavy atom. The van der Waals surface area contributed by atoms with E-state index in [1.807, 2.05) is 10.8 Å². The summed E-state index contributed by atoms with van der Waals surface area (Å²) in [6, 6.07) is 12.5. The number of carbonyl (C=O) groups is 1. The van der Waals surface area contributed by atoms with Crippen LogP contribution in [0.3, 0.4) is 0 Å². The molecule has 0 bridgehead atoms. The van der Waals surface area contributed by atoms with Crippen molar-refractivity contribution < 1.29 is 17.9 Å². The van der Waals surface area contributed by atoms with E-state index in [9.17, 15) is 13.2 Å². The zero-order chi connectivity index (χ0) is 22.3. The molecule has 0 radical (unpaired) electrons. The van der Waals surface area contributed by atoms with Gasteiger partial charge in [0.25, 0.3) is 10.0 Å². The van der Waals surface area contributed by atoms with E-state index < -0.39 is 22.5 Å². The lowest BCUT2D eigenvalue weighted by molar-refractivity contribution is -0.119. The predicted octanol–water partition coefficient (Wildman–Crippen LogP) is 2.95. The highest BCUT2D eigenvalue weighted by Crippen LogP contribution is 2.34. The first-order valence-corrected chi connectivity index (χ1v) is 11.4. The number of halogens is 1. The largest absolute Gasteiger partial charge is 0.495 e. The standard InChI is InChI=1S/C21H23ClN4O4S/c1-30-20-9-8-17(22)14-19(20)26(31(28,29)18-6-3-2-4-7-18)15-21(27)24-10-5-12-25-13-11-23-16-25/h2-4,6-9,11,13-14,16H,5,10,12,15H2,1H3,(H,24,27). The van der Waals surface area contributed by atoms with E-state index in [0.717, 1.165) is 4.31 Å². The lowest BCUT2D eigenvalue weighted by atomic mass is 10.3. The molecule has 1 heterocycles. The second kappa shape index (κ2) is 10.3. The smallest absolute Gasteiger partial charge is 0.264 e. The van der Waals surface area contributed by atoms with Crippen LogP contribution in [0.4, 0.5) is 5.69 Å². The predicted molar refractivity (Wildman–Crippen MR) is 119 cm³/mol. The first kappa shape index (κ1) is 22.6. The van der Waals surface area contributed by atoms with Gasteiger partial charge >= 0.3 is 0 Å². The van der Waals surface area contributed by atoms with Gasteiger partial charge in [0, 0.05) is 30.5 Å². The molecule has 8 nitrogen and oxygen atoms in total. The lowest BCUT2D eigenvalue weighted by Crippen LogP contribution is -2.41. The monoisotopic (exact) mass is 462 g/mol. The van der Waals surface area contributed by atoms with E-state index in [4.69, 9.17) is 16.3 Å². The molecule has 0 aliphatic carbocycles. The second-order valence-corrected chi connectivity index (χ2v) is 8.94. The number of ether oxygens (including phenoxy) is 1. The summed E-state index contributed by atoms with van der Waals surface area (Å²) in [5.41, 5.74) is 0.187. The van der Waals surface area contributed by atoms with Crippen LogP contribution in [0.5, 0.6) is 5.75 Å². The van der Waals surface area contributed by atoms with Crippen molar-refractivity contribution in [3.63, 3.8) is 0 Å². The minimum atomic E-state index is -4.04. The SMILES string of the molecule is COc1ccc(Cl)cc1N(CC(=O)NCCCn1ccnc1)S(=O)(=O)c1ccccc1. The number of hydrogen-bond acceptors (Lipinski definition) is 5. The van der Waals surface area contributed by atoms with Gasteiger partial charge in [-0.05, 0) is 36.8 Å². The van der Waals surface area contributed by atoms with Crippen LogP contribution in [0.25, 0.3) is 0 Å². The Balaban J connectivity index is 1.81. The topological polar surface area (TPSA) is 93.5 Å². The van der Waals surface area contributed by atoms with Gasteiger partial charge in [0.05, 0.1) is 24.0 Å². The minimum absolute atomic E-state index is 0.0601. The van der Waals surface area contributed by atoms with Gasteiger partial charge in [0.1, 0.15) is 12.3 Å². The van der Waals surface area contributed by atoms with Gasteiger partial charge in [-0.1, -0.05) is 29.8 Å². The van der Waals surface area contributed by atoms with E-state index >= 15 is 0 Å². The molecular weight excluding hydrogens is 440 g/mol. The van der Waals surface area contributed by atoms with Crippen molar-refractivity contribution in [3.8, 4) is 5.75 Å². The fraction of sp³-hybridized carbons (Fsp3) is 0.238. The van der Waals surface area contributed by atoms with Crippen LogP contribution in [0.2, 0.25) is 5.02 Å². The Morgan fingerprint density at radius 2 is 2.00 bits per heavy atom. The summed E-state index contributed by atoms with van der Waals surface area (Å²) in [4.78, 5) is 16.7. The van der Waals surface area contributed by atoms with Crippen LogP contribution >= 0.6 is 11.6 Å². The summed E-state index contributed by atoms with van der Waals surface area (Å²) >= 11 is 6.12. The highest BCUT2D eigenvalue weighted by Gasteiger charge is 2.29. The number of sulfonamides is 1. The molecular formula is C21H23ClN4O4S. The van der Waals surface area contributed by atoms with Crippen molar-refractivity contribution >= 4 is 33.2 Å². The Kier molecular flexibility index (Phi) is 7.54. The van der Waals surface area contributed by atoms with Crippen molar-refractivity contribution in [1.82, 2.24) is 14.9 Å². The fourth-order valence-corrected chi connectivity index (χ4v) is 4.58. The number of imidazole rings is 1. The Bertz CT molecular complexity index is 1110. The van der Waals surface area contributed by atoms with E-state index in [1.54, 1.807) is 42.9 Å². The summed E-state index contributed by atoms with van der Waals surface area (Å²) in [5, 5.41) is 3.09. The van der Waals surface area contributed by atoms with Crippen molar-refractivity contribution in [2.45, 2.75) is 17.9 Å². The van der Waals surface area contributed by atoms with Gasteiger partial charge in [0.2, 0.25) is 5.91 Å². The number of methoxy groups -OCH3 is 1. The quantitative estimate of drug-likeness (QED) is 0.467. The van der Waals surface area contributed by atoms with Crippen LogP contribution in [0.1, 0.15) is 6.42 Å². The molecule has 0 spiro atoms. The molecule has 31 heavy (non-hydrogen) atoms. The minimum Gasteiger partial charge on any atom is -0.495 e. The van der Waals surface area contributed by atoms with Crippen molar-refractivity contribution in [3.05, 3.63) is 72.3 Å². The number of carbonyl (C=O) groups excluding carboxylic acids is 1. The number of benzene rings is 2. The second-order valence-electron chi connectivity index (χ2n) is 6.64. The number of nitrogens with one attached hydrogen (secondary N) is 1. The number of hydrogen-bond donors (Lipinski definition) is 1. The summed E-state index contributed by atoms with van der Waals surface area (Å²) in [6.45, 7) is 0.663. The van der Waals surface area contributed by atoms with E-state index in [1.165, 1.54) is 25.3 Å². The molecule has 2 aromatic carbocycles. The average Bonchev–Trinajstić information content (AvgIpc) is 3.29. The third-order valence-corrected chi connectivity index (χ3v) is 6.51. The normalized spacial score (nSPS) is 11.2. The first-order valence-electron chi connectivity index (χ1n) is 9.55. The Morgan fingerprint density at radius 3 is 2.68 bits per heavy atom. The number of aryl methyl sites for hydroxylation is 1. The first-order chi connectivity index (χ1) is 14.9. The van der Waals surface area contributed by atoms with Gasteiger partial charge in [0.15, 0.2) is 0 Å². The summed E-state index contributed by atoms with van der Waals surface area (Å²) in [5.74, 6) is -0.149. The van der Waals surface area contributed by atoms with Crippen molar-refractivity contribution in [2.24, 2.45) is 0 Å². The zero-order valence-electron chi connectivity index (χ0n) is 16.9. The zero-order valence-corrected chi connectivity index (χ0v) is 18.5. The van der Waals surface area contributed by atoms with Crippen LogP contribution in [0, 0.1) is 0 Å². The van der Waals surface area contributed by atoms with Gasteiger partial charge in [-0.25, -0.2) is 13.4 Å². The lowest BCUT2D eigenvalue weighted by Gasteiger charge is -2.25. The fourth-order valence-electron chi connectivity index (χ4n) is 2.97. The molecule has 3 aromatic rings. The highest BCUT2D eigenvalue weighted by molar-refractivity contribution is 7.92. The van der Waals surface area contributed by atoms with E-state index in [0.29, 0.717) is 24.5 Å². The third kappa shape index (κ3) is 5.77. The molecule has 1 amide bonds. The van der Waals surface area contributed by atoms with Crippen LogP contribution in [-0.4, -0.2) is 44.1 Å². The van der Waals surface area contributed by atoms with E-state index in [-0.39, 0.29) is 16.3 Å². The van der Waals surface area contributed by atoms with Crippen molar-refractivity contribution in [1.29, 1.82) is 0 Å². The van der Waals surface area contributed by atoms with Gasteiger partial charge < -0.3 is 14.6 Å². The Hall–Kier alpha value is -3.04. The van der Waals surface area contributed by atoms with Gasteiger partial charge in [-0.3, -0.25) is 9.10 Å². The molecule has 10 heteroatoms. The molecule has 0 aliphatic rings. The van der Waals surface area contributed by atoms with Crippen molar-refractivity contribution in [2.75, 3.05) is 24.5 Å². The van der Waals surface area contributed by atoms with Crippen LogP contribution < -0.4 is 14.4 Å². The maximum atomic E-state index is 13.4. The van der Waals surface area contributed by atoms with Crippen LogP contribution in [-0.2, 0) is 21.4 Å². The summed E-state index contributed by atoms with van der Waals surface area (Å²) in [6.07, 6.45) is 5.89. The average molecular weight is 463 g/mol. The van der Waals surface area contributed by atoms with Gasteiger partial charge in [-0.15, -0.1) is 0 Å². The maximum absolute atomic E-state index is 13.4. The number of anilines is 1. The summed E-state index contributed by atoms with van der Waals surface area (Å²) < 4.78 is 35.0.